The van der Waals surface area contributed by atoms with Crippen LogP contribution in [0.3, 0.4) is 0 Å². The van der Waals surface area contributed by atoms with Crippen LogP contribution in [-0.2, 0) is 14.3 Å². The van der Waals surface area contributed by atoms with Gasteiger partial charge in [-0.2, -0.15) is 0 Å². The van der Waals surface area contributed by atoms with Crippen molar-refractivity contribution >= 4 is 11.8 Å². The van der Waals surface area contributed by atoms with Gasteiger partial charge in [-0.05, 0) is 20.8 Å². The Bertz CT molecular complexity index is 275. The van der Waals surface area contributed by atoms with Gasteiger partial charge in [0.1, 0.15) is 5.78 Å². The highest BCUT2D eigenvalue weighted by Gasteiger charge is 2.49. The lowest BCUT2D eigenvalue weighted by atomic mass is 9.63. The van der Waals surface area contributed by atoms with Crippen LogP contribution in [0.2, 0.25) is 0 Å². The van der Waals surface area contributed by atoms with Crippen molar-refractivity contribution in [2.24, 2.45) is 16.7 Å². The largest absolute Gasteiger partial charge is 0.466 e. The van der Waals surface area contributed by atoms with Gasteiger partial charge in [-0.25, -0.2) is 0 Å². The Balaban J connectivity index is 5.12. The van der Waals surface area contributed by atoms with Crippen LogP contribution >= 0.6 is 0 Å². The monoisotopic (exact) mass is 228 g/mol. The molecule has 0 aromatic carbocycles. The van der Waals surface area contributed by atoms with Gasteiger partial charge in [0.05, 0.1) is 12.0 Å². The van der Waals surface area contributed by atoms with Crippen LogP contribution in [0, 0.1) is 16.7 Å². The van der Waals surface area contributed by atoms with Crippen LogP contribution < -0.4 is 0 Å². The molecular weight excluding hydrogens is 204 g/mol. The van der Waals surface area contributed by atoms with Crippen molar-refractivity contribution in [3.63, 3.8) is 0 Å². The van der Waals surface area contributed by atoms with E-state index in [2.05, 4.69) is 0 Å². The summed E-state index contributed by atoms with van der Waals surface area (Å²) in [6.07, 6.45) is 0. The minimum atomic E-state index is -0.801. The molecule has 0 atom stereocenters. The van der Waals surface area contributed by atoms with Gasteiger partial charge in [0.25, 0.3) is 0 Å². The molecule has 0 bridgehead atoms. The average Bonchev–Trinajstić information content (AvgIpc) is 2.16. The fraction of sp³-hybridized carbons (Fsp3) is 0.846. The zero-order valence-corrected chi connectivity index (χ0v) is 11.5. The second-order valence-corrected chi connectivity index (χ2v) is 5.49. The molecule has 0 radical (unpaired) electrons. The molecule has 0 aliphatic rings. The molecule has 0 N–H and O–H groups in total. The summed E-state index contributed by atoms with van der Waals surface area (Å²) in [4.78, 5) is 24.0. The van der Waals surface area contributed by atoms with Crippen molar-refractivity contribution in [1.29, 1.82) is 0 Å². The van der Waals surface area contributed by atoms with E-state index in [0.29, 0.717) is 6.61 Å². The van der Waals surface area contributed by atoms with Gasteiger partial charge in [-0.15, -0.1) is 0 Å². The summed E-state index contributed by atoms with van der Waals surface area (Å²) >= 11 is 0. The summed E-state index contributed by atoms with van der Waals surface area (Å²) in [6.45, 7) is 13.0. The van der Waals surface area contributed by atoms with Crippen molar-refractivity contribution in [3.8, 4) is 0 Å². The summed E-state index contributed by atoms with van der Waals surface area (Å²) in [5.74, 6) is -0.303. The highest BCUT2D eigenvalue weighted by atomic mass is 16.5. The molecule has 0 unspecified atom stereocenters. The Morgan fingerprint density at radius 3 is 1.81 bits per heavy atom. The topological polar surface area (TPSA) is 43.4 Å². The number of rotatable bonds is 5. The molecule has 0 aliphatic heterocycles. The fourth-order valence-corrected chi connectivity index (χ4v) is 1.60. The molecule has 0 amide bonds. The molecule has 16 heavy (non-hydrogen) atoms. The lowest BCUT2D eigenvalue weighted by Gasteiger charge is -2.39. The molecule has 0 rings (SSSR count). The van der Waals surface area contributed by atoms with Gasteiger partial charge in [-0.1, -0.05) is 27.7 Å². The summed E-state index contributed by atoms with van der Waals surface area (Å²) in [5.41, 5.74) is -1.52. The van der Waals surface area contributed by atoms with E-state index in [0.717, 1.165) is 0 Å². The molecule has 0 aromatic heterocycles. The van der Waals surface area contributed by atoms with E-state index in [-0.39, 0.29) is 17.7 Å². The lowest BCUT2D eigenvalue weighted by molar-refractivity contribution is -0.165. The molecule has 0 heterocycles. The average molecular weight is 228 g/mol. The van der Waals surface area contributed by atoms with Crippen molar-refractivity contribution < 1.29 is 14.3 Å². The fourth-order valence-electron chi connectivity index (χ4n) is 1.60. The Hall–Kier alpha value is -0.860. The minimum Gasteiger partial charge on any atom is -0.466 e. The number of ketones is 1. The van der Waals surface area contributed by atoms with E-state index in [1.807, 2.05) is 27.7 Å². The maximum atomic E-state index is 12.1. The van der Waals surface area contributed by atoms with Crippen LogP contribution in [0.1, 0.15) is 48.5 Å². The van der Waals surface area contributed by atoms with Gasteiger partial charge < -0.3 is 4.74 Å². The van der Waals surface area contributed by atoms with Gasteiger partial charge in [-0.3, -0.25) is 9.59 Å². The summed E-state index contributed by atoms with van der Waals surface area (Å²) in [7, 11) is 0. The minimum absolute atomic E-state index is 0.0799. The third kappa shape index (κ3) is 2.63. The first-order valence-corrected chi connectivity index (χ1v) is 5.80. The number of carbonyl (C=O) groups is 2. The van der Waals surface area contributed by atoms with Crippen LogP contribution in [-0.4, -0.2) is 18.4 Å². The summed E-state index contributed by atoms with van der Waals surface area (Å²) in [6, 6.07) is 0. The van der Waals surface area contributed by atoms with Crippen LogP contribution in [0.25, 0.3) is 0 Å². The Kier molecular flexibility index (Phi) is 4.71. The summed E-state index contributed by atoms with van der Waals surface area (Å²) in [5, 5.41) is 0. The first kappa shape index (κ1) is 15.1. The van der Waals surface area contributed by atoms with E-state index in [1.165, 1.54) is 0 Å². The molecule has 94 valence electrons. The highest BCUT2D eigenvalue weighted by molar-refractivity contribution is 5.92. The third-order valence-corrected chi connectivity index (χ3v) is 3.49. The number of esters is 1. The second-order valence-electron chi connectivity index (χ2n) is 5.49. The normalized spacial score (nSPS) is 12.8. The Labute approximate surface area is 98.6 Å². The number of hydrogen-bond donors (Lipinski definition) is 0. The van der Waals surface area contributed by atoms with Crippen LogP contribution in [0.15, 0.2) is 0 Å². The molecule has 0 saturated heterocycles. The predicted octanol–water partition coefficient (Wildman–Crippen LogP) is 2.83. The van der Waals surface area contributed by atoms with Crippen molar-refractivity contribution in [3.05, 3.63) is 0 Å². The Morgan fingerprint density at radius 2 is 1.50 bits per heavy atom. The van der Waals surface area contributed by atoms with Crippen molar-refractivity contribution in [2.45, 2.75) is 48.5 Å². The smallest absolute Gasteiger partial charge is 0.312 e. The number of hydrogen-bond acceptors (Lipinski definition) is 3. The first-order chi connectivity index (χ1) is 7.09. The van der Waals surface area contributed by atoms with Gasteiger partial charge in [0, 0.05) is 11.3 Å². The molecule has 3 nitrogen and oxygen atoms in total. The van der Waals surface area contributed by atoms with Gasteiger partial charge >= 0.3 is 5.97 Å². The SMILES string of the molecule is CCOC(=O)C(C)(C)C(C)(C)C(=O)C(C)C. The highest BCUT2D eigenvalue weighted by Crippen LogP contribution is 2.41. The molecule has 0 saturated carbocycles. The van der Waals surface area contributed by atoms with E-state index in [4.69, 9.17) is 4.74 Å². The van der Waals surface area contributed by atoms with Gasteiger partial charge in [0.2, 0.25) is 0 Å². The van der Waals surface area contributed by atoms with Crippen LogP contribution in [0.4, 0.5) is 0 Å². The van der Waals surface area contributed by atoms with Crippen molar-refractivity contribution in [2.75, 3.05) is 6.61 Å². The second kappa shape index (κ2) is 4.98. The molecule has 0 aliphatic carbocycles. The molecule has 0 fully saturated rings. The van der Waals surface area contributed by atoms with E-state index >= 15 is 0 Å². The van der Waals surface area contributed by atoms with Crippen LogP contribution in [0.5, 0.6) is 0 Å². The standard InChI is InChI=1S/C13H24O3/c1-8-16-11(15)13(6,7)12(4,5)10(14)9(2)3/h9H,8H2,1-7H3. The molecule has 0 aromatic rings. The number of carbonyl (C=O) groups excluding carboxylic acids is 2. The third-order valence-electron chi connectivity index (χ3n) is 3.49. The Morgan fingerprint density at radius 1 is 1.06 bits per heavy atom. The van der Waals surface area contributed by atoms with Gasteiger partial charge in [0.15, 0.2) is 0 Å². The van der Waals surface area contributed by atoms with Crippen molar-refractivity contribution in [1.82, 2.24) is 0 Å². The lowest BCUT2D eigenvalue weighted by Crippen LogP contribution is -2.47. The first-order valence-electron chi connectivity index (χ1n) is 5.80. The maximum Gasteiger partial charge on any atom is 0.312 e. The quantitative estimate of drug-likeness (QED) is 0.680. The zero-order chi connectivity index (χ0) is 13.1. The summed E-state index contributed by atoms with van der Waals surface area (Å²) < 4.78 is 5.03. The maximum absolute atomic E-state index is 12.1. The van der Waals surface area contributed by atoms with E-state index in [1.54, 1.807) is 20.8 Å². The number of ether oxygens (including phenoxy) is 1. The predicted molar refractivity (Wildman–Crippen MR) is 64.0 cm³/mol. The van der Waals surface area contributed by atoms with E-state index < -0.39 is 10.8 Å². The molecular formula is C13H24O3. The zero-order valence-electron chi connectivity index (χ0n) is 11.5. The van der Waals surface area contributed by atoms with E-state index in [9.17, 15) is 9.59 Å². The molecule has 0 spiro atoms. The molecule has 3 heteroatoms. The number of Topliss-reactive ketones (excluding diaryl/α,β-unsaturated/α-hetero) is 1.